The van der Waals surface area contributed by atoms with Crippen LogP contribution in [0.25, 0.3) is 39.0 Å². The average Bonchev–Trinajstić information content (AvgIpc) is 3.73. The fraction of sp³-hybridized carbons (Fsp3) is 0.282. The largest absolute Gasteiger partial charge is 0.394 e. The second kappa shape index (κ2) is 14.2. The van der Waals surface area contributed by atoms with Gasteiger partial charge >= 0.3 is 0 Å². The number of pyridine rings is 1. The van der Waals surface area contributed by atoms with Crippen molar-refractivity contribution in [3.8, 4) is 33.4 Å². The predicted octanol–water partition coefficient (Wildman–Crippen LogP) is 3.93. The van der Waals surface area contributed by atoms with Crippen molar-refractivity contribution in [1.29, 1.82) is 0 Å². The monoisotopic (exact) mass is 690 g/mol. The maximum Gasteiger partial charge on any atom is 0.262 e. The topological polar surface area (TPSA) is 151 Å². The molecule has 10 nitrogen and oxygen atoms in total. The van der Waals surface area contributed by atoms with E-state index in [1.165, 1.54) is 5.56 Å². The quantitative estimate of drug-likeness (QED) is 0.149. The Morgan fingerprint density at radius 3 is 2.54 bits per heavy atom. The van der Waals surface area contributed by atoms with E-state index in [1.807, 2.05) is 36.4 Å². The number of aliphatic hydroxyl groups excluding tert-OH is 1. The summed E-state index contributed by atoms with van der Waals surface area (Å²) in [6.07, 6.45) is 6.12. The summed E-state index contributed by atoms with van der Waals surface area (Å²) in [4.78, 5) is 41.6. The van der Waals surface area contributed by atoms with Crippen molar-refractivity contribution in [3.63, 3.8) is 0 Å². The lowest BCUT2D eigenvalue weighted by Crippen LogP contribution is -2.47. The molecular formula is C39H39ClN6O4. The van der Waals surface area contributed by atoms with Crippen LogP contribution < -0.4 is 27.2 Å². The molecule has 2 aliphatic rings. The first-order valence-corrected chi connectivity index (χ1v) is 17.3. The van der Waals surface area contributed by atoms with Crippen molar-refractivity contribution in [2.45, 2.75) is 57.3 Å². The van der Waals surface area contributed by atoms with E-state index >= 15 is 0 Å². The highest BCUT2D eigenvalue weighted by Gasteiger charge is 2.26. The van der Waals surface area contributed by atoms with E-state index in [1.54, 1.807) is 16.8 Å². The zero-order chi connectivity index (χ0) is 34.9. The van der Waals surface area contributed by atoms with Crippen LogP contribution in [0.1, 0.15) is 35.1 Å². The molecule has 2 amide bonds. The van der Waals surface area contributed by atoms with Crippen molar-refractivity contribution in [2.24, 2.45) is 5.73 Å². The highest BCUT2D eigenvalue weighted by molar-refractivity contribution is 6.36. The number of carbonyl (C=O) groups is 2. The standard InChI is InChI=1S/C39H39ClN6O4/c1-22-30(25-12-13-46-35(17-25)43-19-27(39(46)50)18-42-20-28-10-11-36(48)44-28)4-2-5-31(22)33-7-3-6-32(37(33)40)24-9-8-23-15-29(16-26(23)14-24)45-38(49)34(41)21-47/h2-9,12-14,17,19,28-29,34,42,47H,10-11,15-16,18,20-21,41H2,1H3,(H,44,48)(H,45,49)/t28?,29?,34-/m0/s1. The molecule has 3 atom stereocenters. The number of halogens is 1. The molecule has 7 rings (SSSR count). The van der Waals surface area contributed by atoms with Crippen molar-refractivity contribution in [3.05, 3.63) is 117 Å². The Kier molecular flexibility index (Phi) is 9.52. The zero-order valence-electron chi connectivity index (χ0n) is 27.7. The molecular weight excluding hydrogens is 652 g/mol. The fourth-order valence-electron chi connectivity index (χ4n) is 7.10. The second-order valence-corrected chi connectivity index (χ2v) is 13.6. The first-order chi connectivity index (χ1) is 24.2. The molecule has 2 unspecified atom stereocenters. The summed E-state index contributed by atoms with van der Waals surface area (Å²) in [6, 6.07) is 21.4. The predicted molar refractivity (Wildman–Crippen MR) is 195 cm³/mol. The third kappa shape index (κ3) is 6.67. The lowest BCUT2D eigenvalue weighted by molar-refractivity contribution is -0.123. The molecule has 0 spiro atoms. The van der Waals surface area contributed by atoms with Crippen LogP contribution in [0.5, 0.6) is 0 Å². The Balaban J connectivity index is 1.12. The summed E-state index contributed by atoms with van der Waals surface area (Å²) in [5.41, 5.74) is 15.8. The van der Waals surface area contributed by atoms with Crippen LogP contribution >= 0.6 is 11.6 Å². The van der Waals surface area contributed by atoms with Gasteiger partial charge in [-0.15, -0.1) is 0 Å². The van der Waals surface area contributed by atoms with Gasteiger partial charge in [0.1, 0.15) is 11.7 Å². The molecule has 50 heavy (non-hydrogen) atoms. The normalized spacial score (nSPS) is 17.5. The van der Waals surface area contributed by atoms with Gasteiger partial charge in [-0.25, -0.2) is 4.98 Å². The molecule has 1 saturated heterocycles. The van der Waals surface area contributed by atoms with Gasteiger partial charge in [0, 0.05) is 60.7 Å². The molecule has 1 fully saturated rings. The minimum atomic E-state index is -0.929. The summed E-state index contributed by atoms with van der Waals surface area (Å²) in [5, 5.41) is 19.0. The first-order valence-electron chi connectivity index (χ1n) is 16.9. The minimum absolute atomic E-state index is 0.0684. The fourth-order valence-corrected chi connectivity index (χ4v) is 7.43. The maximum atomic E-state index is 13.3. The Morgan fingerprint density at radius 2 is 1.76 bits per heavy atom. The van der Waals surface area contributed by atoms with E-state index in [2.05, 4.69) is 58.2 Å². The van der Waals surface area contributed by atoms with Gasteiger partial charge in [-0.05, 0) is 77.3 Å². The molecule has 11 heteroatoms. The third-order valence-corrected chi connectivity index (χ3v) is 10.2. The smallest absolute Gasteiger partial charge is 0.262 e. The number of benzene rings is 3. The minimum Gasteiger partial charge on any atom is -0.394 e. The highest BCUT2D eigenvalue weighted by atomic mass is 35.5. The Hall–Kier alpha value is -4.87. The van der Waals surface area contributed by atoms with Crippen molar-refractivity contribution >= 4 is 29.1 Å². The van der Waals surface area contributed by atoms with Crippen molar-refractivity contribution < 1.29 is 14.7 Å². The third-order valence-electron chi connectivity index (χ3n) is 9.84. The highest BCUT2D eigenvalue weighted by Crippen LogP contribution is 2.41. The van der Waals surface area contributed by atoms with Gasteiger partial charge in [0.25, 0.3) is 5.56 Å². The summed E-state index contributed by atoms with van der Waals surface area (Å²) in [7, 11) is 0. The molecule has 1 aliphatic heterocycles. The number of rotatable bonds is 10. The van der Waals surface area contributed by atoms with Crippen LogP contribution in [-0.2, 0) is 29.0 Å². The van der Waals surface area contributed by atoms with E-state index in [0.29, 0.717) is 48.6 Å². The molecule has 6 N–H and O–H groups in total. The summed E-state index contributed by atoms with van der Waals surface area (Å²) in [6.45, 7) is 2.66. The Labute approximate surface area is 294 Å². The van der Waals surface area contributed by atoms with E-state index < -0.39 is 12.6 Å². The lowest BCUT2D eigenvalue weighted by Gasteiger charge is -2.16. The van der Waals surface area contributed by atoms with Gasteiger partial charge in [-0.1, -0.05) is 66.2 Å². The van der Waals surface area contributed by atoms with Crippen molar-refractivity contribution in [2.75, 3.05) is 13.2 Å². The second-order valence-electron chi connectivity index (χ2n) is 13.2. The number of aliphatic hydroxyl groups is 1. The number of nitrogens with one attached hydrogen (secondary N) is 3. The summed E-state index contributed by atoms with van der Waals surface area (Å²) < 4.78 is 1.56. The van der Waals surface area contributed by atoms with Crippen LogP contribution in [0.2, 0.25) is 5.02 Å². The number of amides is 2. The Morgan fingerprint density at radius 1 is 1.02 bits per heavy atom. The Bertz CT molecular complexity index is 2180. The van der Waals surface area contributed by atoms with E-state index in [9.17, 15) is 19.5 Å². The van der Waals surface area contributed by atoms with Gasteiger partial charge in [-0.2, -0.15) is 0 Å². The summed E-state index contributed by atoms with van der Waals surface area (Å²) in [5.74, 6) is -0.280. The number of hydrogen-bond acceptors (Lipinski definition) is 7. The number of hydrogen-bond donors (Lipinski definition) is 5. The van der Waals surface area contributed by atoms with Gasteiger partial charge in [-0.3, -0.25) is 18.8 Å². The molecule has 256 valence electrons. The average molecular weight is 691 g/mol. The van der Waals surface area contributed by atoms with Gasteiger partial charge in [0.2, 0.25) is 11.8 Å². The number of aromatic nitrogens is 2. The van der Waals surface area contributed by atoms with Crippen LogP contribution in [0.3, 0.4) is 0 Å². The SMILES string of the molecule is Cc1c(-c2ccn3c(=O)c(CNCC4CCC(=O)N4)cnc3c2)cccc1-c1cccc(-c2ccc3c(c2)CC(NC(=O)[C@@H](N)CO)C3)c1Cl. The number of nitrogens with zero attached hydrogens (tertiary/aromatic N) is 2. The van der Waals surface area contributed by atoms with Gasteiger partial charge < -0.3 is 26.8 Å². The van der Waals surface area contributed by atoms with E-state index in [-0.39, 0.29) is 29.5 Å². The van der Waals surface area contributed by atoms with Gasteiger partial charge in [0.05, 0.1) is 11.6 Å². The van der Waals surface area contributed by atoms with Crippen LogP contribution in [0, 0.1) is 6.92 Å². The maximum absolute atomic E-state index is 13.3. The van der Waals surface area contributed by atoms with Crippen LogP contribution in [0.15, 0.2) is 83.9 Å². The molecule has 0 bridgehead atoms. The number of carbonyl (C=O) groups excluding carboxylic acids is 2. The van der Waals surface area contributed by atoms with E-state index in [0.717, 1.165) is 50.9 Å². The molecule has 0 radical (unpaired) electrons. The first kappa shape index (κ1) is 33.6. The molecule has 1 aliphatic carbocycles. The number of nitrogens with two attached hydrogens (primary N) is 1. The lowest BCUT2D eigenvalue weighted by atomic mass is 9.91. The zero-order valence-corrected chi connectivity index (χ0v) is 28.5. The number of fused-ring (bicyclic) bond motifs is 2. The molecule has 3 heterocycles. The summed E-state index contributed by atoms with van der Waals surface area (Å²) >= 11 is 7.17. The molecule has 5 aromatic rings. The van der Waals surface area contributed by atoms with Crippen LogP contribution in [0.4, 0.5) is 0 Å². The molecule has 0 saturated carbocycles. The molecule has 3 aromatic carbocycles. The molecule has 2 aromatic heterocycles. The van der Waals surface area contributed by atoms with Gasteiger partial charge in [0.15, 0.2) is 0 Å². The van der Waals surface area contributed by atoms with Crippen LogP contribution in [-0.4, -0.2) is 57.6 Å². The van der Waals surface area contributed by atoms with E-state index in [4.69, 9.17) is 17.3 Å². The van der Waals surface area contributed by atoms with Crippen molar-refractivity contribution in [1.82, 2.24) is 25.3 Å².